The van der Waals surface area contributed by atoms with Gasteiger partial charge in [-0.1, -0.05) is 19.9 Å². The van der Waals surface area contributed by atoms with Gasteiger partial charge < -0.3 is 9.64 Å². The summed E-state index contributed by atoms with van der Waals surface area (Å²) < 4.78 is 7.75. The monoisotopic (exact) mass is 341 g/mol. The number of fused-ring (bicyclic) bond motifs is 1. The number of carbonyl (C=O) groups excluding carboxylic acids is 1. The molecule has 0 unspecified atom stereocenters. The molecule has 1 aromatic carbocycles. The molecule has 2 heterocycles. The second kappa shape index (κ2) is 6.90. The number of amides is 1. The van der Waals surface area contributed by atoms with Gasteiger partial charge in [-0.3, -0.25) is 9.48 Å². The van der Waals surface area contributed by atoms with Gasteiger partial charge >= 0.3 is 0 Å². The molecule has 1 aliphatic heterocycles. The Morgan fingerprint density at radius 3 is 2.76 bits per heavy atom. The molecule has 5 heteroatoms. The van der Waals surface area contributed by atoms with Crippen molar-refractivity contribution >= 4 is 11.6 Å². The van der Waals surface area contributed by atoms with E-state index in [0.717, 1.165) is 40.5 Å². The first-order valence-corrected chi connectivity index (χ1v) is 8.93. The van der Waals surface area contributed by atoms with Crippen LogP contribution in [0.1, 0.15) is 36.4 Å². The molecule has 0 spiro atoms. The van der Waals surface area contributed by atoms with E-state index < -0.39 is 0 Å². The molecule has 0 bridgehead atoms. The molecule has 2 aromatic rings. The van der Waals surface area contributed by atoms with Crippen molar-refractivity contribution in [3.8, 4) is 5.75 Å². The summed E-state index contributed by atoms with van der Waals surface area (Å²) in [5.41, 5.74) is 5.09. The average Bonchev–Trinajstić information content (AvgIpc) is 2.80. The van der Waals surface area contributed by atoms with Crippen LogP contribution in [0.2, 0.25) is 0 Å². The van der Waals surface area contributed by atoms with Crippen LogP contribution >= 0.6 is 0 Å². The Hall–Kier alpha value is -2.30. The van der Waals surface area contributed by atoms with Gasteiger partial charge in [-0.25, -0.2) is 0 Å². The van der Waals surface area contributed by atoms with E-state index in [1.165, 1.54) is 0 Å². The summed E-state index contributed by atoms with van der Waals surface area (Å²) in [4.78, 5) is 14.8. The van der Waals surface area contributed by atoms with E-state index in [-0.39, 0.29) is 5.91 Å². The highest BCUT2D eigenvalue weighted by molar-refractivity contribution is 5.96. The quantitative estimate of drug-likeness (QED) is 0.856. The van der Waals surface area contributed by atoms with Gasteiger partial charge in [0.05, 0.1) is 24.3 Å². The minimum Gasteiger partial charge on any atom is -0.490 e. The zero-order valence-electron chi connectivity index (χ0n) is 15.8. The summed E-state index contributed by atoms with van der Waals surface area (Å²) in [7, 11) is 0. The van der Waals surface area contributed by atoms with Crippen molar-refractivity contribution in [3.63, 3.8) is 0 Å². The normalized spacial score (nSPS) is 13.8. The fourth-order valence-corrected chi connectivity index (χ4v) is 3.35. The van der Waals surface area contributed by atoms with Crippen molar-refractivity contribution in [3.05, 3.63) is 40.7 Å². The third kappa shape index (κ3) is 3.55. The first-order valence-electron chi connectivity index (χ1n) is 8.93. The van der Waals surface area contributed by atoms with Crippen LogP contribution in [0.15, 0.2) is 18.2 Å². The first-order chi connectivity index (χ1) is 11.9. The zero-order valence-corrected chi connectivity index (χ0v) is 15.8. The molecule has 1 aromatic heterocycles. The number of benzene rings is 1. The highest BCUT2D eigenvalue weighted by Crippen LogP contribution is 2.33. The largest absolute Gasteiger partial charge is 0.490 e. The Kier molecular flexibility index (Phi) is 4.84. The number of hydrogen-bond donors (Lipinski definition) is 0. The fourth-order valence-electron chi connectivity index (χ4n) is 3.35. The Bertz CT molecular complexity index is 792. The molecule has 0 saturated carbocycles. The minimum atomic E-state index is 0.101. The second-order valence-corrected chi connectivity index (χ2v) is 7.27. The molecule has 0 radical (unpaired) electrons. The van der Waals surface area contributed by atoms with Crippen molar-refractivity contribution < 1.29 is 9.53 Å². The van der Waals surface area contributed by atoms with Crippen LogP contribution in [0.3, 0.4) is 0 Å². The van der Waals surface area contributed by atoms with Crippen LogP contribution in [0.25, 0.3) is 0 Å². The van der Waals surface area contributed by atoms with E-state index in [1.54, 1.807) is 0 Å². The molecule has 0 saturated heterocycles. The molecule has 134 valence electrons. The van der Waals surface area contributed by atoms with Crippen LogP contribution < -0.4 is 9.64 Å². The second-order valence-electron chi connectivity index (χ2n) is 7.27. The summed E-state index contributed by atoms with van der Waals surface area (Å²) in [5.74, 6) is 1.42. The molecule has 0 atom stereocenters. The minimum absolute atomic E-state index is 0.101. The number of anilines is 1. The summed E-state index contributed by atoms with van der Waals surface area (Å²) >= 11 is 0. The SMILES string of the molecule is Cc1ccc2c(c1)OCCN2C(=O)Cc1c(C)nn(CC(C)C)c1C. The standard InChI is InChI=1S/C20H27N3O2/c1-13(2)12-23-16(5)17(15(4)21-23)11-20(24)22-8-9-25-19-10-14(3)6-7-18(19)22/h6-7,10,13H,8-9,11-12H2,1-5H3. The average molecular weight is 341 g/mol. The van der Waals surface area contributed by atoms with Gasteiger partial charge in [0, 0.05) is 17.8 Å². The third-order valence-corrected chi connectivity index (χ3v) is 4.68. The topological polar surface area (TPSA) is 47.4 Å². The number of rotatable bonds is 4. The first kappa shape index (κ1) is 17.5. The number of aryl methyl sites for hydroxylation is 2. The Labute approximate surface area is 149 Å². The van der Waals surface area contributed by atoms with E-state index in [1.807, 2.05) is 41.6 Å². The molecular weight excluding hydrogens is 314 g/mol. The van der Waals surface area contributed by atoms with E-state index in [4.69, 9.17) is 4.74 Å². The molecule has 25 heavy (non-hydrogen) atoms. The van der Waals surface area contributed by atoms with Crippen LogP contribution in [0.4, 0.5) is 5.69 Å². The Morgan fingerprint density at radius 1 is 1.28 bits per heavy atom. The molecule has 5 nitrogen and oxygen atoms in total. The third-order valence-electron chi connectivity index (χ3n) is 4.68. The summed E-state index contributed by atoms with van der Waals surface area (Å²) in [6.45, 7) is 12.4. The van der Waals surface area contributed by atoms with Crippen LogP contribution in [0, 0.1) is 26.7 Å². The van der Waals surface area contributed by atoms with Crippen molar-refractivity contribution in [2.45, 2.75) is 47.6 Å². The van der Waals surface area contributed by atoms with Gasteiger partial charge in [0.15, 0.2) is 0 Å². The maximum atomic E-state index is 13.0. The molecule has 0 aliphatic carbocycles. The van der Waals surface area contributed by atoms with E-state index >= 15 is 0 Å². The van der Waals surface area contributed by atoms with Gasteiger partial charge in [0.2, 0.25) is 5.91 Å². The predicted molar refractivity (Wildman–Crippen MR) is 99.3 cm³/mol. The van der Waals surface area contributed by atoms with E-state index in [2.05, 4.69) is 25.9 Å². The molecule has 0 N–H and O–H groups in total. The lowest BCUT2D eigenvalue weighted by Crippen LogP contribution is -2.39. The predicted octanol–water partition coefficient (Wildman–Crippen LogP) is 3.43. The van der Waals surface area contributed by atoms with Gasteiger partial charge in [-0.05, 0) is 44.4 Å². The molecule has 1 aliphatic rings. The van der Waals surface area contributed by atoms with Gasteiger partial charge in [0.1, 0.15) is 12.4 Å². The zero-order chi connectivity index (χ0) is 18.1. The van der Waals surface area contributed by atoms with Crippen LogP contribution in [0.5, 0.6) is 5.75 Å². The fraction of sp³-hybridized carbons (Fsp3) is 0.500. The number of ether oxygens (including phenoxy) is 1. The number of aromatic nitrogens is 2. The van der Waals surface area contributed by atoms with Gasteiger partial charge in [-0.15, -0.1) is 0 Å². The Balaban J connectivity index is 1.84. The highest BCUT2D eigenvalue weighted by atomic mass is 16.5. The smallest absolute Gasteiger partial charge is 0.231 e. The van der Waals surface area contributed by atoms with Gasteiger partial charge in [-0.2, -0.15) is 5.10 Å². The molecule has 1 amide bonds. The Morgan fingerprint density at radius 2 is 2.04 bits per heavy atom. The van der Waals surface area contributed by atoms with Crippen molar-refractivity contribution in [1.29, 1.82) is 0 Å². The summed E-state index contributed by atoms with van der Waals surface area (Å²) in [5, 5.41) is 4.63. The molecule has 0 fully saturated rings. The maximum Gasteiger partial charge on any atom is 0.231 e. The summed E-state index contributed by atoms with van der Waals surface area (Å²) in [6, 6.07) is 5.99. The number of carbonyl (C=O) groups is 1. The van der Waals surface area contributed by atoms with Crippen LogP contribution in [-0.2, 0) is 17.8 Å². The number of hydrogen-bond acceptors (Lipinski definition) is 3. The summed E-state index contributed by atoms with van der Waals surface area (Å²) in [6.07, 6.45) is 0.378. The maximum absolute atomic E-state index is 13.0. The van der Waals surface area contributed by atoms with E-state index in [0.29, 0.717) is 25.5 Å². The number of nitrogens with zero attached hydrogens (tertiary/aromatic N) is 3. The van der Waals surface area contributed by atoms with Gasteiger partial charge in [0.25, 0.3) is 0 Å². The van der Waals surface area contributed by atoms with Crippen molar-refractivity contribution in [1.82, 2.24) is 9.78 Å². The van der Waals surface area contributed by atoms with Crippen molar-refractivity contribution in [2.24, 2.45) is 5.92 Å². The highest BCUT2D eigenvalue weighted by Gasteiger charge is 2.25. The van der Waals surface area contributed by atoms with E-state index in [9.17, 15) is 4.79 Å². The lowest BCUT2D eigenvalue weighted by Gasteiger charge is -2.30. The molecule has 3 rings (SSSR count). The van der Waals surface area contributed by atoms with Crippen LogP contribution in [-0.4, -0.2) is 28.8 Å². The molecular formula is C20H27N3O2. The lowest BCUT2D eigenvalue weighted by molar-refractivity contribution is -0.118. The van der Waals surface area contributed by atoms with Crippen molar-refractivity contribution in [2.75, 3.05) is 18.1 Å². The lowest BCUT2D eigenvalue weighted by atomic mass is 10.1.